The number of hydrogen-bond donors (Lipinski definition) is 2. The zero-order chi connectivity index (χ0) is 23.5. The van der Waals surface area contributed by atoms with Crippen LogP contribution in [0.3, 0.4) is 0 Å². The van der Waals surface area contributed by atoms with Gasteiger partial charge in [0.1, 0.15) is 0 Å². The molecule has 2 heteroatoms. The molecular weight excluding hydrogens is 400 g/mol. The molecule has 2 aromatic rings. The predicted molar refractivity (Wildman–Crippen MR) is 144 cm³/mol. The molecule has 182 valence electrons. The lowest BCUT2D eigenvalue weighted by Gasteiger charge is -2.24. The van der Waals surface area contributed by atoms with E-state index in [2.05, 4.69) is 86.9 Å². The minimum Gasteiger partial charge on any atom is -0.317 e. The Kier molecular flexibility index (Phi) is 11.0. The minimum atomic E-state index is 0.697. The first-order valence-electron chi connectivity index (χ1n) is 13.7. The Bertz CT molecular complexity index is 810. The molecule has 1 fully saturated rings. The highest BCUT2D eigenvalue weighted by atomic mass is 14.9. The van der Waals surface area contributed by atoms with Gasteiger partial charge in [0.2, 0.25) is 0 Å². The van der Waals surface area contributed by atoms with Crippen LogP contribution in [0.5, 0.6) is 0 Å². The van der Waals surface area contributed by atoms with Gasteiger partial charge in [-0.2, -0.15) is 0 Å². The molecule has 33 heavy (non-hydrogen) atoms. The van der Waals surface area contributed by atoms with Crippen LogP contribution < -0.4 is 10.6 Å². The topological polar surface area (TPSA) is 24.1 Å². The molecule has 0 spiro atoms. The standard InChI is InChI=1S/C25H33N.C6H15N/c1-3-20-16-26-17-23(20)12-11-22-15-21-9-4-5-10-24(21)25(22)14-19-8-6-7-18(2)13-19;1-3-5-7-6-4-2/h4-10,13,20,22-23,25-26H,3,11-12,14-17H2,1-2H3;7H,3-6H2,1-2H3/t20?,22-,23?,25?;/m1./s1. The van der Waals surface area contributed by atoms with E-state index >= 15 is 0 Å². The number of benzene rings is 2. The second-order valence-electron chi connectivity index (χ2n) is 10.4. The quantitative estimate of drug-likeness (QED) is 0.386. The molecule has 0 radical (unpaired) electrons. The molecule has 1 aliphatic carbocycles. The summed E-state index contributed by atoms with van der Waals surface area (Å²) in [5.74, 6) is 3.30. The normalized spacial score (nSPS) is 23.8. The molecule has 1 heterocycles. The zero-order valence-electron chi connectivity index (χ0n) is 21.7. The van der Waals surface area contributed by atoms with Gasteiger partial charge in [-0.1, -0.05) is 81.3 Å². The fourth-order valence-electron chi connectivity index (χ4n) is 5.94. The van der Waals surface area contributed by atoms with Gasteiger partial charge in [0, 0.05) is 0 Å². The Hall–Kier alpha value is -1.64. The molecule has 1 saturated heterocycles. The van der Waals surface area contributed by atoms with Crippen molar-refractivity contribution in [1.82, 2.24) is 10.6 Å². The van der Waals surface area contributed by atoms with Crippen molar-refractivity contribution in [2.24, 2.45) is 17.8 Å². The van der Waals surface area contributed by atoms with Gasteiger partial charge in [0.05, 0.1) is 0 Å². The molecule has 1 aliphatic heterocycles. The molecule has 2 aliphatic rings. The summed E-state index contributed by atoms with van der Waals surface area (Å²) in [5.41, 5.74) is 6.11. The molecule has 0 saturated carbocycles. The molecular formula is C31H48N2. The van der Waals surface area contributed by atoms with E-state index < -0.39 is 0 Å². The Morgan fingerprint density at radius 1 is 0.848 bits per heavy atom. The van der Waals surface area contributed by atoms with Crippen molar-refractivity contribution in [3.63, 3.8) is 0 Å². The summed E-state index contributed by atoms with van der Waals surface area (Å²) in [5, 5.41) is 6.91. The second kappa shape index (κ2) is 13.9. The third-order valence-corrected chi connectivity index (χ3v) is 7.81. The van der Waals surface area contributed by atoms with Crippen molar-refractivity contribution < 1.29 is 0 Å². The van der Waals surface area contributed by atoms with Crippen LogP contribution in [0.25, 0.3) is 0 Å². The van der Waals surface area contributed by atoms with Gasteiger partial charge in [0.25, 0.3) is 0 Å². The third kappa shape index (κ3) is 7.69. The van der Waals surface area contributed by atoms with Crippen LogP contribution in [-0.2, 0) is 12.8 Å². The highest BCUT2D eigenvalue weighted by Crippen LogP contribution is 2.43. The molecule has 2 N–H and O–H groups in total. The van der Waals surface area contributed by atoms with Crippen molar-refractivity contribution in [3.8, 4) is 0 Å². The summed E-state index contributed by atoms with van der Waals surface area (Å²) in [7, 11) is 0. The van der Waals surface area contributed by atoms with E-state index in [-0.39, 0.29) is 0 Å². The Balaban J connectivity index is 0.000000383. The summed E-state index contributed by atoms with van der Waals surface area (Å²) in [6.45, 7) is 13.8. The van der Waals surface area contributed by atoms with Crippen LogP contribution in [-0.4, -0.2) is 26.2 Å². The fraction of sp³-hybridized carbons (Fsp3) is 0.613. The van der Waals surface area contributed by atoms with Gasteiger partial charge in [0.15, 0.2) is 0 Å². The van der Waals surface area contributed by atoms with Gasteiger partial charge in [-0.05, 0) is 112 Å². The number of nitrogens with one attached hydrogen (secondary N) is 2. The van der Waals surface area contributed by atoms with E-state index in [0.29, 0.717) is 5.92 Å². The summed E-state index contributed by atoms with van der Waals surface area (Å²) in [4.78, 5) is 0. The first-order chi connectivity index (χ1) is 16.2. The zero-order valence-corrected chi connectivity index (χ0v) is 21.7. The molecule has 0 aromatic heterocycles. The lowest BCUT2D eigenvalue weighted by atomic mass is 9.80. The van der Waals surface area contributed by atoms with Gasteiger partial charge < -0.3 is 10.6 Å². The molecule has 4 rings (SSSR count). The second-order valence-corrected chi connectivity index (χ2v) is 10.4. The largest absolute Gasteiger partial charge is 0.317 e. The highest BCUT2D eigenvalue weighted by Gasteiger charge is 2.34. The predicted octanol–water partition coefficient (Wildman–Crippen LogP) is 6.92. The van der Waals surface area contributed by atoms with Gasteiger partial charge in [-0.15, -0.1) is 0 Å². The van der Waals surface area contributed by atoms with Crippen molar-refractivity contribution in [1.29, 1.82) is 0 Å². The van der Waals surface area contributed by atoms with Crippen molar-refractivity contribution >= 4 is 0 Å². The summed E-state index contributed by atoms with van der Waals surface area (Å²) in [6.07, 6.45) is 9.09. The number of fused-ring (bicyclic) bond motifs is 1. The van der Waals surface area contributed by atoms with Crippen LogP contribution in [0.2, 0.25) is 0 Å². The molecule has 2 aromatic carbocycles. The Labute approximate surface area is 204 Å². The highest BCUT2D eigenvalue weighted by molar-refractivity contribution is 5.38. The Morgan fingerprint density at radius 2 is 1.58 bits per heavy atom. The smallest absolute Gasteiger partial charge is 0.00173 e. The van der Waals surface area contributed by atoms with Crippen molar-refractivity contribution in [2.75, 3.05) is 26.2 Å². The minimum absolute atomic E-state index is 0.697. The van der Waals surface area contributed by atoms with Gasteiger partial charge in [-0.25, -0.2) is 0 Å². The number of rotatable bonds is 10. The van der Waals surface area contributed by atoms with Crippen LogP contribution in [0.1, 0.15) is 81.0 Å². The molecule has 0 amide bonds. The average molecular weight is 449 g/mol. The average Bonchev–Trinajstić information content (AvgIpc) is 3.43. The number of hydrogen-bond acceptors (Lipinski definition) is 2. The molecule has 3 unspecified atom stereocenters. The maximum atomic E-state index is 3.62. The lowest BCUT2D eigenvalue weighted by Crippen LogP contribution is -2.16. The van der Waals surface area contributed by atoms with E-state index in [1.165, 1.54) is 82.3 Å². The van der Waals surface area contributed by atoms with Crippen molar-refractivity contribution in [3.05, 3.63) is 70.8 Å². The van der Waals surface area contributed by atoms with E-state index in [1.807, 2.05) is 0 Å². The molecule has 4 atom stereocenters. The van der Waals surface area contributed by atoms with Crippen LogP contribution in [0.15, 0.2) is 48.5 Å². The summed E-state index contributed by atoms with van der Waals surface area (Å²) >= 11 is 0. The summed E-state index contributed by atoms with van der Waals surface area (Å²) < 4.78 is 0. The van der Waals surface area contributed by atoms with E-state index in [1.54, 1.807) is 11.1 Å². The first-order valence-corrected chi connectivity index (χ1v) is 13.7. The van der Waals surface area contributed by atoms with E-state index in [4.69, 9.17) is 0 Å². The van der Waals surface area contributed by atoms with Crippen molar-refractivity contribution in [2.45, 2.75) is 78.6 Å². The van der Waals surface area contributed by atoms with Crippen LogP contribution in [0, 0.1) is 24.7 Å². The van der Waals surface area contributed by atoms with Gasteiger partial charge in [-0.3, -0.25) is 0 Å². The maximum absolute atomic E-state index is 3.62. The van der Waals surface area contributed by atoms with E-state index in [0.717, 1.165) is 17.8 Å². The molecule has 0 bridgehead atoms. The molecule has 2 nitrogen and oxygen atoms in total. The SMILES string of the molecule is CCC1CNCC1CC[C@@H]1Cc2ccccc2C1Cc1cccc(C)c1.CCCNCCC. The van der Waals surface area contributed by atoms with Gasteiger partial charge >= 0.3 is 0 Å². The first kappa shape index (κ1) is 26.0. The van der Waals surface area contributed by atoms with E-state index in [9.17, 15) is 0 Å². The summed E-state index contributed by atoms with van der Waals surface area (Å²) in [6, 6.07) is 18.3. The maximum Gasteiger partial charge on any atom is -0.00173 e. The number of aryl methyl sites for hydroxylation is 1. The third-order valence-electron chi connectivity index (χ3n) is 7.81. The van der Waals surface area contributed by atoms with Crippen LogP contribution in [0.4, 0.5) is 0 Å². The Morgan fingerprint density at radius 3 is 2.30 bits per heavy atom. The monoisotopic (exact) mass is 448 g/mol. The van der Waals surface area contributed by atoms with Crippen LogP contribution >= 0.6 is 0 Å². The lowest BCUT2D eigenvalue weighted by molar-refractivity contribution is 0.322. The fourth-order valence-corrected chi connectivity index (χ4v) is 5.94.